The Balaban J connectivity index is 3.56. The van der Waals surface area contributed by atoms with Gasteiger partial charge in [0.2, 0.25) is 0 Å². The van der Waals surface area contributed by atoms with Crippen LogP contribution in [-0.2, 0) is 6.42 Å². The average Bonchev–Trinajstić information content (AvgIpc) is 2.13. The summed E-state index contributed by atoms with van der Waals surface area (Å²) in [6.07, 6.45) is 0.246. The van der Waals surface area contributed by atoms with E-state index in [2.05, 4.69) is 0 Å². The lowest BCUT2D eigenvalue weighted by Gasteiger charge is -2.09. The van der Waals surface area contributed by atoms with Gasteiger partial charge in [-0.2, -0.15) is 0 Å². The Morgan fingerprint density at radius 1 is 1.08 bits per heavy atom. The monoisotopic (exact) mass is 189 g/mol. The van der Waals surface area contributed by atoms with Crippen LogP contribution in [0.25, 0.3) is 0 Å². The highest BCUT2D eigenvalue weighted by Gasteiger charge is 2.19. The third-order valence-corrected chi connectivity index (χ3v) is 2.06. The summed E-state index contributed by atoms with van der Waals surface area (Å²) in [4.78, 5) is 0. The molecule has 0 unspecified atom stereocenters. The molecule has 0 aromatic heterocycles. The lowest BCUT2D eigenvalue weighted by Crippen LogP contribution is -2.06. The Bertz CT molecular complexity index is 318. The van der Waals surface area contributed by atoms with Crippen LogP contribution in [0.4, 0.5) is 18.9 Å². The summed E-state index contributed by atoms with van der Waals surface area (Å²) in [6, 6.07) is 0. The molecule has 0 amide bonds. The third kappa shape index (κ3) is 1.36. The molecule has 0 aliphatic rings. The van der Waals surface area contributed by atoms with Crippen molar-refractivity contribution in [3.8, 4) is 0 Å². The minimum Gasteiger partial charge on any atom is -0.398 e. The standard InChI is InChI=1S/C9H10F3N/c1-3-5-7(11)8(12)6(10)4(2)9(5)13/h3,13H2,1-2H3. The molecule has 1 nitrogen and oxygen atoms in total. The Hall–Kier alpha value is -1.19. The van der Waals surface area contributed by atoms with Crippen LogP contribution in [-0.4, -0.2) is 0 Å². The predicted molar refractivity (Wildman–Crippen MR) is 44.8 cm³/mol. The molecule has 0 radical (unpaired) electrons. The molecule has 0 spiro atoms. The third-order valence-electron chi connectivity index (χ3n) is 2.06. The molecule has 1 rings (SSSR count). The van der Waals surface area contributed by atoms with E-state index in [1.54, 1.807) is 6.92 Å². The lowest BCUT2D eigenvalue weighted by molar-refractivity contribution is 0.439. The zero-order valence-corrected chi connectivity index (χ0v) is 7.42. The molecule has 0 saturated heterocycles. The number of benzene rings is 1. The maximum Gasteiger partial charge on any atom is 0.195 e. The van der Waals surface area contributed by atoms with Crippen molar-refractivity contribution >= 4 is 5.69 Å². The van der Waals surface area contributed by atoms with E-state index in [4.69, 9.17) is 5.73 Å². The van der Waals surface area contributed by atoms with E-state index in [1.807, 2.05) is 0 Å². The maximum atomic E-state index is 13.0. The van der Waals surface area contributed by atoms with Gasteiger partial charge in [-0.15, -0.1) is 0 Å². The van der Waals surface area contributed by atoms with Crippen molar-refractivity contribution in [2.75, 3.05) is 5.73 Å². The van der Waals surface area contributed by atoms with Gasteiger partial charge in [-0.1, -0.05) is 6.92 Å². The van der Waals surface area contributed by atoms with Crippen LogP contribution in [0.5, 0.6) is 0 Å². The van der Waals surface area contributed by atoms with Crippen LogP contribution in [0.15, 0.2) is 0 Å². The zero-order chi connectivity index (χ0) is 10.2. The molecule has 72 valence electrons. The van der Waals surface area contributed by atoms with Crippen molar-refractivity contribution in [1.29, 1.82) is 0 Å². The number of hydrogen-bond acceptors (Lipinski definition) is 1. The molecule has 0 saturated carbocycles. The van der Waals surface area contributed by atoms with Crippen molar-refractivity contribution in [2.45, 2.75) is 20.3 Å². The van der Waals surface area contributed by atoms with Gasteiger partial charge in [0, 0.05) is 16.8 Å². The number of halogens is 3. The summed E-state index contributed by atoms with van der Waals surface area (Å²) in [7, 11) is 0. The zero-order valence-electron chi connectivity index (χ0n) is 7.42. The van der Waals surface area contributed by atoms with Gasteiger partial charge in [-0.05, 0) is 13.3 Å². The molecular formula is C9H10F3N. The topological polar surface area (TPSA) is 26.0 Å². The van der Waals surface area contributed by atoms with Crippen LogP contribution < -0.4 is 5.73 Å². The molecule has 1 aromatic rings. The van der Waals surface area contributed by atoms with E-state index in [9.17, 15) is 13.2 Å². The van der Waals surface area contributed by atoms with Crippen molar-refractivity contribution < 1.29 is 13.2 Å². The molecule has 0 aliphatic carbocycles. The van der Waals surface area contributed by atoms with E-state index in [0.717, 1.165) is 0 Å². The fourth-order valence-electron chi connectivity index (χ4n) is 1.20. The molecule has 4 heteroatoms. The van der Waals surface area contributed by atoms with Crippen LogP contribution in [0.2, 0.25) is 0 Å². The molecule has 1 aromatic carbocycles. The fraction of sp³-hybridized carbons (Fsp3) is 0.333. The molecule has 0 fully saturated rings. The van der Waals surface area contributed by atoms with Crippen LogP contribution >= 0.6 is 0 Å². The molecule has 13 heavy (non-hydrogen) atoms. The first-order valence-electron chi connectivity index (χ1n) is 3.92. The molecule has 0 bridgehead atoms. The second-order valence-electron chi connectivity index (χ2n) is 2.81. The van der Waals surface area contributed by atoms with Crippen molar-refractivity contribution in [3.63, 3.8) is 0 Å². The molecule has 0 atom stereocenters. The summed E-state index contributed by atoms with van der Waals surface area (Å²) < 4.78 is 38.7. The first-order valence-corrected chi connectivity index (χ1v) is 3.92. The number of nitrogen functional groups attached to an aromatic ring is 1. The van der Waals surface area contributed by atoms with Crippen molar-refractivity contribution in [3.05, 3.63) is 28.6 Å². The van der Waals surface area contributed by atoms with E-state index < -0.39 is 17.5 Å². The highest BCUT2D eigenvalue weighted by atomic mass is 19.2. The van der Waals surface area contributed by atoms with Crippen LogP contribution in [0.3, 0.4) is 0 Å². The number of hydrogen-bond donors (Lipinski definition) is 1. The number of anilines is 1. The van der Waals surface area contributed by atoms with Crippen LogP contribution in [0.1, 0.15) is 18.1 Å². The summed E-state index contributed by atoms with van der Waals surface area (Å²) >= 11 is 0. The number of nitrogens with two attached hydrogens (primary N) is 1. The molecular weight excluding hydrogens is 179 g/mol. The molecule has 0 heterocycles. The van der Waals surface area contributed by atoms with Crippen LogP contribution in [0, 0.1) is 24.4 Å². The Kier molecular flexibility index (Phi) is 2.50. The summed E-state index contributed by atoms with van der Waals surface area (Å²) in [5.74, 6) is -3.82. The van der Waals surface area contributed by atoms with Gasteiger partial charge in [0.25, 0.3) is 0 Å². The van der Waals surface area contributed by atoms with E-state index >= 15 is 0 Å². The molecule has 0 aliphatic heterocycles. The maximum absolute atomic E-state index is 13.0. The molecule has 2 N–H and O–H groups in total. The summed E-state index contributed by atoms with van der Waals surface area (Å²) in [5.41, 5.74) is 5.42. The Morgan fingerprint density at radius 2 is 1.62 bits per heavy atom. The van der Waals surface area contributed by atoms with E-state index in [0.29, 0.717) is 0 Å². The highest BCUT2D eigenvalue weighted by molar-refractivity contribution is 5.54. The van der Waals surface area contributed by atoms with Gasteiger partial charge in [0.05, 0.1) is 0 Å². The Labute approximate surface area is 74.4 Å². The van der Waals surface area contributed by atoms with Gasteiger partial charge >= 0.3 is 0 Å². The largest absolute Gasteiger partial charge is 0.398 e. The van der Waals surface area contributed by atoms with Crippen molar-refractivity contribution in [1.82, 2.24) is 0 Å². The normalized spacial score (nSPS) is 10.5. The lowest BCUT2D eigenvalue weighted by atomic mass is 10.0. The van der Waals surface area contributed by atoms with Gasteiger partial charge in [-0.25, -0.2) is 13.2 Å². The SMILES string of the molecule is CCc1c(N)c(C)c(F)c(F)c1F. The first kappa shape index (κ1) is 9.89. The first-order chi connectivity index (χ1) is 6.00. The smallest absolute Gasteiger partial charge is 0.195 e. The second-order valence-corrected chi connectivity index (χ2v) is 2.81. The minimum absolute atomic E-state index is 0.00102. The average molecular weight is 189 g/mol. The second kappa shape index (κ2) is 3.28. The predicted octanol–water partition coefficient (Wildman–Crippen LogP) is 2.56. The van der Waals surface area contributed by atoms with E-state index in [1.165, 1.54) is 6.92 Å². The van der Waals surface area contributed by atoms with Gasteiger partial charge in [0.1, 0.15) is 0 Å². The van der Waals surface area contributed by atoms with Gasteiger partial charge in [0.15, 0.2) is 17.5 Å². The fourth-order valence-corrected chi connectivity index (χ4v) is 1.20. The highest BCUT2D eigenvalue weighted by Crippen LogP contribution is 2.26. The number of rotatable bonds is 1. The van der Waals surface area contributed by atoms with Crippen molar-refractivity contribution in [2.24, 2.45) is 0 Å². The van der Waals surface area contributed by atoms with E-state index in [-0.39, 0.29) is 23.2 Å². The quantitative estimate of drug-likeness (QED) is 0.533. The summed E-state index contributed by atoms with van der Waals surface area (Å²) in [6.45, 7) is 2.96. The van der Waals surface area contributed by atoms with Gasteiger partial charge < -0.3 is 5.73 Å². The van der Waals surface area contributed by atoms with Gasteiger partial charge in [-0.3, -0.25) is 0 Å². The summed E-state index contributed by atoms with van der Waals surface area (Å²) in [5, 5.41) is 0. The minimum atomic E-state index is -1.44. The Morgan fingerprint density at radius 3 is 2.08 bits per heavy atom.